The highest BCUT2D eigenvalue weighted by Gasteiger charge is 2.54. The molecule has 1 saturated heterocycles. The van der Waals surface area contributed by atoms with Crippen molar-refractivity contribution >= 4 is 63.8 Å². The first-order valence-electron chi connectivity index (χ1n) is 16.1. The van der Waals surface area contributed by atoms with Crippen molar-refractivity contribution < 1.29 is 28.8 Å². The van der Waals surface area contributed by atoms with E-state index in [-0.39, 0.29) is 31.0 Å². The SMILES string of the molecule is CCC[C@H](NC(=O)[C@@H]1C[C@]2(CC(c3cccc(Cl)c3)=NO2)CN1C(=O)c1ccc(Cl)cc1Nc1ccc(OC)nc1)C(=O)C(=O)NC1CC1. The molecule has 3 heterocycles. The number of carbonyl (C=O) groups excluding carboxylic acids is 4. The van der Waals surface area contributed by atoms with Gasteiger partial charge in [0, 0.05) is 40.6 Å². The molecule has 1 saturated carbocycles. The zero-order chi connectivity index (χ0) is 34.7. The quantitative estimate of drug-likeness (QED) is 0.222. The summed E-state index contributed by atoms with van der Waals surface area (Å²) in [6.07, 6.45) is 4.41. The molecule has 3 aromatic rings. The molecule has 1 spiro atoms. The van der Waals surface area contributed by atoms with E-state index in [2.05, 4.69) is 26.1 Å². The van der Waals surface area contributed by atoms with Gasteiger partial charge in [-0.05, 0) is 55.7 Å². The van der Waals surface area contributed by atoms with Crippen LogP contribution in [0.15, 0.2) is 65.9 Å². The second-order valence-electron chi connectivity index (χ2n) is 12.5. The molecule has 49 heavy (non-hydrogen) atoms. The maximum atomic E-state index is 14.5. The van der Waals surface area contributed by atoms with E-state index in [9.17, 15) is 19.2 Å². The summed E-state index contributed by atoms with van der Waals surface area (Å²) in [5, 5.41) is 14.0. The van der Waals surface area contributed by atoms with Crippen molar-refractivity contribution in [3.63, 3.8) is 0 Å². The van der Waals surface area contributed by atoms with Crippen LogP contribution in [0, 0.1) is 0 Å². The highest BCUT2D eigenvalue weighted by atomic mass is 35.5. The number of ketones is 1. The van der Waals surface area contributed by atoms with Crippen LogP contribution in [-0.2, 0) is 19.2 Å². The molecular weight excluding hydrogens is 671 g/mol. The van der Waals surface area contributed by atoms with Crippen LogP contribution in [0.4, 0.5) is 11.4 Å². The number of anilines is 2. The molecule has 3 atom stereocenters. The number of nitrogens with one attached hydrogen (secondary N) is 3. The van der Waals surface area contributed by atoms with Crippen LogP contribution in [0.5, 0.6) is 5.88 Å². The van der Waals surface area contributed by atoms with Crippen LogP contribution in [0.2, 0.25) is 10.0 Å². The highest BCUT2D eigenvalue weighted by Crippen LogP contribution is 2.40. The third kappa shape index (κ3) is 7.81. The van der Waals surface area contributed by atoms with Crippen molar-refractivity contribution in [3.05, 3.63) is 82.0 Å². The number of carbonyl (C=O) groups is 4. The van der Waals surface area contributed by atoms with E-state index in [1.807, 2.05) is 19.1 Å². The monoisotopic (exact) mass is 706 g/mol. The lowest BCUT2D eigenvalue weighted by atomic mass is 9.91. The van der Waals surface area contributed by atoms with Crippen molar-refractivity contribution in [2.45, 2.75) is 69.2 Å². The normalized spacial score (nSPS) is 20.3. The first kappa shape index (κ1) is 34.2. The number of benzene rings is 2. The Bertz CT molecular complexity index is 1800. The summed E-state index contributed by atoms with van der Waals surface area (Å²) < 4.78 is 5.15. The Hall–Kier alpha value is -4.68. The fourth-order valence-corrected chi connectivity index (χ4v) is 6.46. The highest BCUT2D eigenvalue weighted by molar-refractivity contribution is 6.38. The van der Waals surface area contributed by atoms with E-state index in [4.69, 9.17) is 32.8 Å². The number of oxime groups is 1. The molecule has 0 radical (unpaired) electrons. The number of hydrogen-bond donors (Lipinski definition) is 3. The number of pyridine rings is 1. The zero-order valence-corrected chi connectivity index (χ0v) is 28.5. The van der Waals surface area contributed by atoms with Gasteiger partial charge in [0.1, 0.15) is 6.04 Å². The Balaban J connectivity index is 1.29. The summed E-state index contributed by atoms with van der Waals surface area (Å²) >= 11 is 12.6. The number of amides is 3. The van der Waals surface area contributed by atoms with Gasteiger partial charge in [-0.2, -0.15) is 0 Å². The minimum absolute atomic E-state index is 0.0127. The van der Waals surface area contributed by atoms with Gasteiger partial charge in [-0.3, -0.25) is 19.2 Å². The lowest BCUT2D eigenvalue weighted by Crippen LogP contribution is -2.53. The number of hydrogen-bond acceptors (Lipinski definition) is 9. The Morgan fingerprint density at radius 1 is 1.08 bits per heavy atom. The number of aromatic nitrogens is 1. The average Bonchev–Trinajstić information content (AvgIpc) is 3.69. The summed E-state index contributed by atoms with van der Waals surface area (Å²) in [6.45, 7) is 1.89. The summed E-state index contributed by atoms with van der Waals surface area (Å²) in [5.74, 6) is -2.06. The second-order valence-corrected chi connectivity index (χ2v) is 13.4. The third-order valence-corrected chi connectivity index (χ3v) is 9.21. The molecule has 3 amide bonds. The lowest BCUT2D eigenvalue weighted by Gasteiger charge is -2.27. The molecule has 1 aliphatic carbocycles. The Labute approximate surface area is 293 Å². The molecule has 3 aliphatic rings. The van der Waals surface area contributed by atoms with E-state index >= 15 is 0 Å². The molecule has 3 N–H and O–H groups in total. The summed E-state index contributed by atoms with van der Waals surface area (Å²) in [7, 11) is 1.51. The van der Waals surface area contributed by atoms with Gasteiger partial charge in [-0.1, -0.05) is 53.8 Å². The molecular formula is C35H36Cl2N6O6. The van der Waals surface area contributed by atoms with Crippen LogP contribution in [0.1, 0.15) is 61.4 Å². The molecule has 2 aromatic carbocycles. The fraction of sp³-hybridized carbons (Fsp3) is 0.371. The van der Waals surface area contributed by atoms with Gasteiger partial charge in [0.05, 0.1) is 48.5 Å². The van der Waals surface area contributed by atoms with Crippen molar-refractivity contribution in [2.75, 3.05) is 19.0 Å². The third-order valence-electron chi connectivity index (χ3n) is 8.74. The van der Waals surface area contributed by atoms with Crippen molar-refractivity contribution in [1.29, 1.82) is 0 Å². The van der Waals surface area contributed by atoms with E-state index in [1.165, 1.54) is 12.0 Å². The smallest absolute Gasteiger partial charge is 0.289 e. The predicted octanol–water partition coefficient (Wildman–Crippen LogP) is 5.05. The first-order chi connectivity index (χ1) is 23.6. The number of likely N-dealkylation sites (tertiary alicyclic amines) is 1. The number of methoxy groups -OCH3 is 1. The Morgan fingerprint density at radius 3 is 2.57 bits per heavy atom. The molecule has 14 heteroatoms. The Morgan fingerprint density at radius 2 is 1.88 bits per heavy atom. The van der Waals surface area contributed by atoms with Gasteiger partial charge < -0.3 is 30.4 Å². The minimum atomic E-state index is -1.05. The van der Waals surface area contributed by atoms with Gasteiger partial charge in [-0.15, -0.1) is 0 Å². The number of nitrogens with zero attached hydrogens (tertiary/aromatic N) is 3. The van der Waals surface area contributed by atoms with Crippen molar-refractivity contribution in [1.82, 2.24) is 20.5 Å². The van der Waals surface area contributed by atoms with E-state index in [0.29, 0.717) is 45.9 Å². The second kappa shape index (κ2) is 14.4. The predicted molar refractivity (Wildman–Crippen MR) is 184 cm³/mol. The molecule has 1 aromatic heterocycles. The number of ether oxygens (including phenoxy) is 1. The molecule has 0 bridgehead atoms. The van der Waals surface area contributed by atoms with Crippen LogP contribution >= 0.6 is 23.2 Å². The first-order valence-corrected chi connectivity index (χ1v) is 16.9. The van der Waals surface area contributed by atoms with Crippen LogP contribution in [-0.4, -0.2) is 76.5 Å². The number of Topliss-reactive ketones (excluding diaryl/α,β-unsaturated/α-hetero) is 1. The number of halogens is 2. The van der Waals surface area contributed by atoms with Gasteiger partial charge in [-0.25, -0.2) is 4.98 Å². The maximum Gasteiger partial charge on any atom is 0.289 e. The maximum absolute atomic E-state index is 14.5. The van der Waals surface area contributed by atoms with Crippen molar-refractivity contribution in [2.24, 2.45) is 5.16 Å². The van der Waals surface area contributed by atoms with Crippen LogP contribution < -0.4 is 20.7 Å². The van der Waals surface area contributed by atoms with Gasteiger partial charge >= 0.3 is 0 Å². The fourth-order valence-electron chi connectivity index (χ4n) is 6.09. The van der Waals surface area contributed by atoms with Gasteiger partial charge in [0.2, 0.25) is 17.6 Å². The molecule has 2 aliphatic heterocycles. The van der Waals surface area contributed by atoms with Crippen LogP contribution in [0.3, 0.4) is 0 Å². The molecule has 0 unspecified atom stereocenters. The standard InChI is InChI=1S/C35H36Cl2N6O6/c1-3-5-26(31(44)33(46)40-23-9-10-23)41-32(45)29-17-35(16-28(42-49-35)20-6-4-7-21(36)14-20)19-43(29)34(47)25-12-8-22(37)15-27(25)39-24-11-13-30(48-2)38-18-24/h4,6-8,11-15,18,23,26,29,39H,3,5,9-10,16-17,19H2,1-2H3,(H,40,46)(H,41,45)/t26-,29-,35+/m0/s1. The van der Waals surface area contributed by atoms with Gasteiger partial charge in [0.25, 0.3) is 11.8 Å². The summed E-state index contributed by atoms with van der Waals surface area (Å²) in [6, 6.07) is 13.3. The largest absolute Gasteiger partial charge is 0.481 e. The number of rotatable bonds is 12. The van der Waals surface area contributed by atoms with E-state index in [1.54, 1.807) is 48.7 Å². The van der Waals surface area contributed by atoms with Crippen molar-refractivity contribution in [3.8, 4) is 5.88 Å². The summed E-state index contributed by atoms with van der Waals surface area (Å²) in [4.78, 5) is 66.1. The van der Waals surface area contributed by atoms with E-state index in [0.717, 1.165) is 18.4 Å². The van der Waals surface area contributed by atoms with Crippen LogP contribution in [0.25, 0.3) is 0 Å². The molecule has 256 valence electrons. The zero-order valence-electron chi connectivity index (χ0n) is 27.0. The average molecular weight is 708 g/mol. The topological polar surface area (TPSA) is 151 Å². The van der Waals surface area contributed by atoms with Gasteiger partial charge in [0.15, 0.2) is 5.60 Å². The molecule has 2 fully saturated rings. The lowest BCUT2D eigenvalue weighted by molar-refractivity contribution is -0.140. The van der Waals surface area contributed by atoms with E-state index < -0.39 is 41.2 Å². The summed E-state index contributed by atoms with van der Waals surface area (Å²) in [5.41, 5.74) is 1.59. The molecule has 12 nitrogen and oxygen atoms in total. The minimum Gasteiger partial charge on any atom is -0.481 e. The molecule has 6 rings (SSSR count). The Kier molecular flexibility index (Phi) is 10.1.